The van der Waals surface area contributed by atoms with E-state index in [-0.39, 0.29) is 41.6 Å². The Labute approximate surface area is 128 Å². The molecule has 0 bridgehead atoms. The fourth-order valence-corrected chi connectivity index (χ4v) is 2.12. The second kappa shape index (κ2) is 7.27. The fraction of sp³-hybridized carbons (Fsp3) is 0.857. The molecule has 2 unspecified atom stereocenters. The summed E-state index contributed by atoms with van der Waals surface area (Å²) in [5.41, 5.74) is 5.41. The predicted molar refractivity (Wildman–Crippen MR) is 82.7 cm³/mol. The molecule has 2 amide bonds. The molecule has 1 aliphatic rings. The summed E-state index contributed by atoms with van der Waals surface area (Å²) < 4.78 is 0. The van der Waals surface area contributed by atoms with Crippen LogP contribution in [0.3, 0.4) is 0 Å². The summed E-state index contributed by atoms with van der Waals surface area (Å²) in [5, 5.41) is 0. The molecule has 0 aliphatic carbocycles. The van der Waals surface area contributed by atoms with E-state index < -0.39 is 0 Å². The van der Waals surface area contributed by atoms with E-state index in [9.17, 15) is 9.59 Å². The molecule has 1 heterocycles. The molecular weight excluding hydrogens is 278 g/mol. The van der Waals surface area contributed by atoms with Gasteiger partial charge in [-0.1, -0.05) is 27.7 Å². The van der Waals surface area contributed by atoms with E-state index in [0.717, 1.165) is 0 Å². The van der Waals surface area contributed by atoms with Crippen LogP contribution in [0.25, 0.3) is 0 Å². The lowest BCUT2D eigenvalue weighted by molar-refractivity contribution is -0.146. The molecule has 0 saturated carbocycles. The van der Waals surface area contributed by atoms with Crippen molar-refractivity contribution in [2.75, 3.05) is 26.2 Å². The normalized spacial score (nSPS) is 19.1. The van der Waals surface area contributed by atoms with Crippen molar-refractivity contribution >= 4 is 24.2 Å². The summed E-state index contributed by atoms with van der Waals surface area (Å²) >= 11 is 0. The summed E-state index contributed by atoms with van der Waals surface area (Å²) in [6.45, 7) is 11.9. The molecular formula is C14H28ClN3O2. The highest BCUT2D eigenvalue weighted by Crippen LogP contribution is 2.19. The second-order valence-electron chi connectivity index (χ2n) is 6.52. The monoisotopic (exact) mass is 305 g/mol. The van der Waals surface area contributed by atoms with Crippen molar-refractivity contribution in [2.24, 2.45) is 17.1 Å². The zero-order chi connectivity index (χ0) is 14.8. The Morgan fingerprint density at radius 2 is 1.40 bits per heavy atom. The molecule has 1 rings (SSSR count). The molecule has 2 atom stereocenters. The predicted octanol–water partition coefficient (Wildman–Crippen LogP) is 1.11. The maximum Gasteiger partial charge on any atom is 0.228 e. The van der Waals surface area contributed by atoms with Gasteiger partial charge in [-0.2, -0.15) is 0 Å². The Bertz CT molecular complexity index is 345. The van der Waals surface area contributed by atoms with Gasteiger partial charge in [0.05, 0.1) is 5.92 Å². The maximum absolute atomic E-state index is 12.2. The van der Waals surface area contributed by atoms with Gasteiger partial charge in [-0.3, -0.25) is 9.59 Å². The van der Waals surface area contributed by atoms with E-state index >= 15 is 0 Å². The summed E-state index contributed by atoms with van der Waals surface area (Å²) in [5.74, 6) is 0.0857. The van der Waals surface area contributed by atoms with Gasteiger partial charge >= 0.3 is 0 Å². The first-order valence-electron chi connectivity index (χ1n) is 6.98. The average molecular weight is 306 g/mol. The zero-order valence-electron chi connectivity index (χ0n) is 13.2. The van der Waals surface area contributed by atoms with Gasteiger partial charge in [0.1, 0.15) is 0 Å². The van der Waals surface area contributed by atoms with Crippen LogP contribution in [0.4, 0.5) is 0 Å². The van der Waals surface area contributed by atoms with Crippen molar-refractivity contribution in [3.63, 3.8) is 0 Å². The molecule has 20 heavy (non-hydrogen) atoms. The Kier molecular flexibility index (Phi) is 6.98. The molecule has 5 nitrogen and oxygen atoms in total. The third-order valence-electron chi connectivity index (χ3n) is 3.70. The second-order valence-corrected chi connectivity index (χ2v) is 6.52. The van der Waals surface area contributed by atoms with E-state index in [1.807, 2.05) is 44.4 Å². The Morgan fingerprint density at radius 3 is 1.75 bits per heavy atom. The number of hydrogen-bond acceptors (Lipinski definition) is 3. The lowest BCUT2D eigenvalue weighted by atomic mass is 9.94. The van der Waals surface area contributed by atoms with E-state index in [0.29, 0.717) is 26.2 Å². The van der Waals surface area contributed by atoms with Crippen LogP contribution in [0.15, 0.2) is 0 Å². The molecule has 118 valence electrons. The van der Waals surface area contributed by atoms with E-state index in [1.54, 1.807) is 0 Å². The largest absolute Gasteiger partial charge is 0.339 e. The summed E-state index contributed by atoms with van der Waals surface area (Å²) in [6.07, 6.45) is 0. The molecule has 0 aromatic heterocycles. The topological polar surface area (TPSA) is 66.6 Å². The van der Waals surface area contributed by atoms with Crippen molar-refractivity contribution < 1.29 is 9.59 Å². The lowest BCUT2D eigenvalue weighted by Gasteiger charge is -2.38. The third-order valence-corrected chi connectivity index (χ3v) is 3.70. The minimum Gasteiger partial charge on any atom is -0.339 e. The molecule has 0 spiro atoms. The number of carbonyl (C=O) groups excluding carboxylic acids is 2. The Hall–Kier alpha value is -0.810. The first-order chi connectivity index (χ1) is 8.64. The quantitative estimate of drug-likeness (QED) is 0.831. The lowest BCUT2D eigenvalue weighted by Crippen LogP contribution is -2.54. The van der Waals surface area contributed by atoms with Gasteiger partial charge in [0.2, 0.25) is 11.8 Å². The van der Waals surface area contributed by atoms with Crippen LogP contribution in [0.1, 0.15) is 34.6 Å². The van der Waals surface area contributed by atoms with Gasteiger partial charge in [0.15, 0.2) is 0 Å². The summed E-state index contributed by atoms with van der Waals surface area (Å²) in [6, 6.07) is -0.137. The number of nitrogens with zero attached hydrogens (tertiary/aromatic N) is 2. The van der Waals surface area contributed by atoms with Crippen LogP contribution in [-0.2, 0) is 9.59 Å². The van der Waals surface area contributed by atoms with Crippen LogP contribution in [0.2, 0.25) is 0 Å². The molecule has 1 saturated heterocycles. The smallest absolute Gasteiger partial charge is 0.228 e. The molecule has 0 aromatic carbocycles. The average Bonchev–Trinajstić information content (AvgIpc) is 2.35. The van der Waals surface area contributed by atoms with Crippen LogP contribution in [0.5, 0.6) is 0 Å². The highest BCUT2D eigenvalue weighted by Gasteiger charge is 2.32. The minimum absolute atomic E-state index is 0. The highest BCUT2D eigenvalue weighted by molar-refractivity contribution is 5.85. The molecule has 1 aliphatic heterocycles. The number of amides is 2. The molecule has 1 fully saturated rings. The van der Waals surface area contributed by atoms with Crippen LogP contribution < -0.4 is 5.73 Å². The third kappa shape index (κ3) is 4.63. The van der Waals surface area contributed by atoms with Crippen LogP contribution in [0, 0.1) is 11.3 Å². The van der Waals surface area contributed by atoms with Crippen molar-refractivity contribution in [3.8, 4) is 0 Å². The minimum atomic E-state index is -0.356. The van der Waals surface area contributed by atoms with Crippen molar-refractivity contribution in [2.45, 2.75) is 40.7 Å². The van der Waals surface area contributed by atoms with Gasteiger partial charge in [-0.05, 0) is 6.92 Å². The standard InChI is InChI=1S/C14H27N3O2.ClH/c1-10(11(2)15)12(18)16-6-8-17(9-7-16)13(19)14(3,4)5;/h10-11H,6-9,15H2,1-5H3;1H. The summed E-state index contributed by atoms with van der Waals surface area (Å²) in [4.78, 5) is 28.0. The molecule has 6 heteroatoms. The number of piperazine rings is 1. The number of rotatable bonds is 2. The number of hydrogen-bond donors (Lipinski definition) is 1. The number of nitrogens with two attached hydrogens (primary N) is 1. The van der Waals surface area contributed by atoms with Gasteiger partial charge < -0.3 is 15.5 Å². The van der Waals surface area contributed by atoms with Gasteiger partial charge in [-0.15, -0.1) is 12.4 Å². The van der Waals surface area contributed by atoms with E-state index in [1.165, 1.54) is 0 Å². The van der Waals surface area contributed by atoms with Gasteiger partial charge in [0, 0.05) is 37.6 Å². The van der Waals surface area contributed by atoms with Crippen molar-refractivity contribution in [1.82, 2.24) is 9.80 Å². The van der Waals surface area contributed by atoms with E-state index in [4.69, 9.17) is 5.73 Å². The number of carbonyl (C=O) groups is 2. The Morgan fingerprint density at radius 1 is 1.00 bits per heavy atom. The SMILES string of the molecule is CC(N)C(C)C(=O)N1CCN(C(=O)C(C)(C)C)CC1.Cl. The first-order valence-corrected chi connectivity index (χ1v) is 6.98. The van der Waals surface area contributed by atoms with Crippen molar-refractivity contribution in [3.05, 3.63) is 0 Å². The number of halogens is 1. The van der Waals surface area contributed by atoms with Crippen LogP contribution >= 0.6 is 12.4 Å². The molecule has 0 radical (unpaired) electrons. The van der Waals surface area contributed by atoms with Crippen LogP contribution in [-0.4, -0.2) is 53.8 Å². The highest BCUT2D eigenvalue weighted by atomic mass is 35.5. The Balaban J connectivity index is 0.00000361. The van der Waals surface area contributed by atoms with Gasteiger partial charge in [0.25, 0.3) is 0 Å². The summed E-state index contributed by atoms with van der Waals surface area (Å²) in [7, 11) is 0. The van der Waals surface area contributed by atoms with Gasteiger partial charge in [-0.25, -0.2) is 0 Å². The first kappa shape index (κ1) is 19.2. The van der Waals surface area contributed by atoms with E-state index in [2.05, 4.69) is 0 Å². The molecule has 0 aromatic rings. The van der Waals surface area contributed by atoms with Crippen molar-refractivity contribution in [1.29, 1.82) is 0 Å². The fourth-order valence-electron chi connectivity index (χ4n) is 2.12. The zero-order valence-corrected chi connectivity index (χ0v) is 14.0. The molecule has 2 N–H and O–H groups in total. The maximum atomic E-state index is 12.2.